The molecule has 0 heterocycles. The molecule has 0 saturated heterocycles. The van der Waals surface area contributed by atoms with Gasteiger partial charge in [0.25, 0.3) is 5.91 Å². The van der Waals surface area contributed by atoms with E-state index in [1.165, 1.54) is 12.5 Å². The predicted molar refractivity (Wildman–Crippen MR) is 124 cm³/mol. The number of hydrogen-bond donors (Lipinski definition) is 3. The zero-order valence-electron chi connectivity index (χ0n) is 18.8. The number of benzene rings is 1. The van der Waals surface area contributed by atoms with Crippen molar-refractivity contribution in [2.24, 2.45) is 5.92 Å². The first-order valence-corrected chi connectivity index (χ1v) is 12.0. The first-order chi connectivity index (χ1) is 15.0. The lowest BCUT2D eigenvalue weighted by molar-refractivity contribution is -0.146. The molecule has 2 rings (SSSR count). The number of esters is 1. The van der Waals surface area contributed by atoms with E-state index in [1.807, 2.05) is 7.05 Å². The number of phenolic OH excluding ortho intramolecular Hbond substituents is 1. The second-order valence-electron chi connectivity index (χ2n) is 8.39. The summed E-state index contributed by atoms with van der Waals surface area (Å²) in [6, 6.07) is 2.34. The highest BCUT2D eigenvalue weighted by molar-refractivity contribution is 6.31. The molecule has 0 aliphatic heterocycles. The van der Waals surface area contributed by atoms with Crippen molar-refractivity contribution in [1.29, 1.82) is 0 Å². The van der Waals surface area contributed by atoms with E-state index < -0.39 is 17.9 Å². The highest BCUT2D eigenvalue weighted by Crippen LogP contribution is 2.30. The second kappa shape index (κ2) is 13.6. The Morgan fingerprint density at radius 3 is 2.61 bits per heavy atom. The van der Waals surface area contributed by atoms with Crippen molar-refractivity contribution >= 4 is 23.5 Å². The SMILES string of the molecule is CCOC(=O)C(CC1CCCCC1)NC(=O)c1cc(Cl)c(CCCCCNC)cc1O. The number of carbonyl (C=O) groups excluding carboxylic acids is 2. The van der Waals surface area contributed by atoms with Crippen molar-refractivity contribution in [3.63, 3.8) is 0 Å². The molecule has 6 nitrogen and oxygen atoms in total. The minimum Gasteiger partial charge on any atom is -0.507 e. The summed E-state index contributed by atoms with van der Waals surface area (Å²) < 4.78 is 5.18. The Morgan fingerprint density at radius 2 is 1.94 bits per heavy atom. The van der Waals surface area contributed by atoms with Crippen LogP contribution in [-0.2, 0) is 16.0 Å². The number of hydrogen-bond acceptors (Lipinski definition) is 5. The number of aryl methyl sites for hydroxylation is 1. The molecule has 3 N–H and O–H groups in total. The number of phenols is 1. The number of ether oxygens (including phenoxy) is 1. The molecule has 0 aromatic heterocycles. The normalized spacial score (nSPS) is 15.5. The van der Waals surface area contributed by atoms with Crippen LogP contribution < -0.4 is 10.6 Å². The van der Waals surface area contributed by atoms with Gasteiger partial charge in [-0.3, -0.25) is 4.79 Å². The lowest BCUT2D eigenvalue weighted by Crippen LogP contribution is -2.43. The van der Waals surface area contributed by atoms with Gasteiger partial charge in [-0.1, -0.05) is 50.1 Å². The van der Waals surface area contributed by atoms with E-state index in [9.17, 15) is 14.7 Å². The van der Waals surface area contributed by atoms with E-state index in [0.29, 0.717) is 17.4 Å². The van der Waals surface area contributed by atoms with Crippen LogP contribution in [0.25, 0.3) is 0 Å². The van der Waals surface area contributed by atoms with Crippen LogP contribution in [0.15, 0.2) is 12.1 Å². The number of aromatic hydroxyl groups is 1. The summed E-state index contributed by atoms with van der Waals surface area (Å²) in [7, 11) is 1.93. The largest absolute Gasteiger partial charge is 0.507 e. The molecule has 0 radical (unpaired) electrons. The van der Waals surface area contributed by atoms with Gasteiger partial charge < -0.3 is 20.5 Å². The molecule has 1 atom stereocenters. The fourth-order valence-corrected chi connectivity index (χ4v) is 4.48. The van der Waals surface area contributed by atoms with Gasteiger partial charge in [0.1, 0.15) is 11.8 Å². The number of nitrogens with one attached hydrogen (secondary N) is 2. The van der Waals surface area contributed by atoms with Crippen LogP contribution in [-0.4, -0.2) is 43.2 Å². The van der Waals surface area contributed by atoms with Gasteiger partial charge in [-0.15, -0.1) is 0 Å². The molecule has 1 unspecified atom stereocenters. The summed E-state index contributed by atoms with van der Waals surface area (Å²) in [5.74, 6) is -0.655. The van der Waals surface area contributed by atoms with Gasteiger partial charge in [-0.05, 0) is 69.8 Å². The molecule has 0 spiro atoms. The zero-order valence-corrected chi connectivity index (χ0v) is 19.6. The smallest absolute Gasteiger partial charge is 0.328 e. The van der Waals surface area contributed by atoms with Crippen molar-refractivity contribution < 1.29 is 19.4 Å². The van der Waals surface area contributed by atoms with Crippen LogP contribution in [0.5, 0.6) is 5.75 Å². The molecule has 0 bridgehead atoms. The van der Waals surface area contributed by atoms with E-state index in [2.05, 4.69) is 10.6 Å². The van der Waals surface area contributed by atoms with E-state index in [1.54, 1.807) is 13.0 Å². The fourth-order valence-electron chi connectivity index (χ4n) is 4.22. The van der Waals surface area contributed by atoms with Gasteiger partial charge in [0.2, 0.25) is 0 Å². The second-order valence-corrected chi connectivity index (χ2v) is 8.80. The Bertz CT molecular complexity index is 720. The third-order valence-electron chi connectivity index (χ3n) is 5.95. The van der Waals surface area contributed by atoms with Gasteiger partial charge in [0.05, 0.1) is 12.2 Å². The summed E-state index contributed by atoms with van der Waals surface area (Å²) in [4.78, 5) is 25.3. The fraction of sp³-hybridized carbons (Fsp3) is 0.667. The van der Waals surface area contributed by atoms with Gasteiger partial charge in [-0.2, -0.15) is 0 Å². The average molecular weight is 453 g/mol. The summed E-state index contributed by atoms with van der Waals surface area (Å²) >= 11 is 6.39. The van der Waals surface area contributed by atoms with Crippen LogP contribution in [0, 0.1) is 5.92 Å². The van der Waals surface area contributed by atoms with Crippen molar-refractivity contribution in [3.8, 4) is 5.75 Å². The highest BCUT2D eigenvalue weighted by Gasteiger charge is 2.28. The minimum atomic E-state index is -0.722. The standard InChI is InChI=1S/C24H37ClN2O4/c1-3-31-24(30)21(14-17-10-6-4-7-11-17)27-23(29)19-16-20(25)18(15-22(19)28)12-8-5-9-13-26-2/h15-17,21,26,28H,3-14H2,1-2H3,(H,27,29). The van der Waals surface area contributed by atoms with Gasteiger partial charge in [-0.25, -0.2) is 4.79 Å². The molecule has 1 aromatic rings. The van der Waals surface area contributed by atoms with Crippen LogP contribution >= 0.6 is 11.6 Å². The Kier molecular flexibility index (Phi) is 11.2. The molecule has 7 heteroatoms. The summed E-state index contributed by atoms with van der Waals surface area (Å²) in [5.41, 5.74) is 0.909. The first kappa shape index (κ1) is 25.5. The van der Waals surface area contributed by atoms with E-state index in [-0.39, 0.29) is 17.9 Å². The number of amides is 1. The molecule has 1 aromatic carbocycles. The van der Waals surface area contributed by atoms with Crippen molar-refractivity contribution in [3.05, 3.63) is 28.3 Å². The van der Waals surface area contributed by atoms with Gasteiger partial charge in [0, 0.05) is 5.02 Å². The third kappa shape index (κ3) is 8.34. The topological polar surface area (TPSA) is 87.7 Å². The number of halogens is 1. The molecule has 1 saturated carbocycles. The first-order valence-electron chi connectivity index (χ1n) is 11.6. The maximum atomic E-state index is 12.9. The lowest BCUT2D eigenvalue weighted by Gasteiger charge is -2.26. The predicted octanol–water partition coefficient (Wildman–Crippen LogP) is 4.61. The number of carbonyl (C=O) groups is 2. The molecular formula is C24H37ClN2O4. The number of rotatable bonds is 12. The monoisotopic (exact) mass is 452 g/mol. The molecule has 1 amide bonds. The quantitative estimate of drug-likeness (QED) is 0.318. The van der Waals surface area contributed by atoms with E-state index >= 15 is 0 Å². The maximum absolute atomic E-state index is 12.9. The molecule has 174 valence electrons. The highest BCUT2D eigenvalue weighted by atomic mass is 35.5. The Hall–Kier alpha value is -1.79. The van der Waals surface area contributed by atoms with Crippen LogP contribution in [0.1, 0.15) is 80.6 Å². The molecular weight excluding hydrogens is 416 g/mol. The number of unbranched alkanes of at least 4 members (excludes halogenated alkanes) is 2. The summed E-state index contributed by atoms with van der Waals surface area (Å²) in [5, 5.41) is 16.8. The van der Waals surface area contributed by atoms with Crippen LogP contribution in [0.2, 0.25) is 5.02 Å². The van der Waals surface area contributed by atoms with Gasteiger partial charge >= 0.3 is 5.97 Å². The minimum absolute atomic E-state index is 0.0851. The van der Waals surface area contributed by atoms with Crippen LogP contribution in [0.3, 0.4) is 0 Å². The van der Waals surface area contributed by atoms with Crippen molar-refractivity contribution in [2.45, 2.75) is 77.2 Å². The van der Waals surface area contributed by atoms with Crippen molar-refractivity contribution in [1.82, 2.24) is 10.6 Å². The van der Waals surface area contributed by atoms with Crippen LogP contribution in [0.4, 0.5) is 0 Å². The third-order valence-corrected chi connectivity index (χ3v) is 6.30. The lowest BCUT2D eigenvalue weighted by atomic mass is 9.84. The summed E-state index contributed by atoms with van der Waals surface area (Å²) in [6.45, 7) is 2.98. The molecule has 1 aliphatic carbocycles. The Balaban J connectivity index is 2.04. The maximum Gasteiger partial charge on any atom is 0.328 e. The van der Waals surface area contributed by atoms with E-state index in [4.69, 9.17) is 16.3 Å². The molecule has 31 heavy (non-hydrogen) atoms. The van der Waals surface area contributed by atoms with Crippen molar-refractivity contribution in [2.75, 3.05) is 20.2 Å². The molecule has 1 aliphatic rings. The average Bonchev–Trinajstić information content (AvgIpc) is 2.76. The summed E-state index contributed by atoms with van der Waals surface area (Å²) in [6.07, 6.45) is 10.0. The Morgan fingerprint density at radius 1 is 1.19 bits per heavy atom. The van der Waals surface area contributed by atoms with E-state index in [0.717, 1.165) is 63.5 Å². The molecule has 1 fully saturated rings. The van der Waals surface area contributed by atoms with Gasteiger partial charge in [0.15, 0.2) is 0 Å². The zero-order chi connectivity index (χ0) is 22.6. The Labute approximate surface area is 191 Å².